The van der Waals surface area contributed by atoms with E-state index in [9.17, 15) is 4.79 Å². The maximum absolute atomic E-state index is 12.6. The minimum atomic E-state index is -0.123. The van der Waals surface area contributed by atoms with Crippen molar-refractivity contribution in [3.63, 3.8) is 0 Å². The van der Waals surface area contributed by atoms with Crippen LogP contribution in [0.2, 0.25) is 0 Å². The van der Waals surface area contributed by atoms with Crippen molar-refractivity contribution in [3.05, 3.63) is 59.7 Å². The first-order valence-corrected chi connectivity index (χ1v) is 8.49. The van der Waals surface area contributed by atoms with Gasteiger partial charge in [-0.15, -0.1) is 0 Å². The quantitative estimate of drug-likeness (QED) is 0.878. The molecule has 1 aliphatic rings. The second-order valence-electron chi connectivity index (χ2n) is 6.22. The maximum atomic E-state index is 12.6. The summed E-state index contributed by atoms with van der Waals surface area (Å²) < 4.78 is 10.6. The van der Waals surface area contributed by atoms with E-state index in [1.54, 1.807) is 32.4 Å². The standard InChI is InChI=1S/C20H24N2O3/c1-24-18-10-6-9-17(19(18)25-2)20(23)21-16-11-12-22(14-16)13-15-7-4-3-5-8-15/h3-10,16H,11-14H2,1-2H3,(H,21,23)/t16-/m1/s1. The fourth-order valence-corrected chi connectivity index (χ4v) is 3.26. The number of rotatable bonds is 6. The molecule has 5 heteroatoms. The van der Waals surface area contributed by atoms with E-state index in [1.165, 1.54) is 5.56 Å². The van der Waals surface area contributed by atoms with Crippen molar-refractivity contribution in [2.75, 3.05) is 27.3 Å². The van der Waals surface area contributed by atoms with Gasteiger partial charge in [-0.1, -0.05) is 36.4 Å². The highest BCUT2D eigenvalue weighted by atomic mass is 16.5. The van der Waals surface area contributed by atoms with Crippen LogP contribution < -0.4 is 14.8 Å². The van der Waals surface area contributed by atoms with Crippen LogP contribution in [0, 0.1) is 0 Å². The molecule has 25 heavy (non-hydrogen) atoms. The number of hydrogen-bond acceptors (Lipinski definition) is 4. The van der Waals surface area contributed by atoms with Crippen LogP contribution >= 0.6 is 0 Å². The number of methoxy groups -OCH3 is 2. The van der Waals surface area contributed by atoms with Crippen LogP contribution in [0.25, 0.3) is 0 Å². The monoisotopic (exact) mass is 340 g/mol. The predicted octanol–water partition coefficient (Wildman–Crippen LogP) is 2.71. The molecule has 1 saturated heterocycles. The second-order valence-corrected chi connectivity index (χ2v) is 6.22. The lowest BCUT2D eigenvalue weighted by Gasteiger charge is -2.18. The lowest BCUT2D eigenvalue weighted by Crippen LogP contribution is -2.37. The molecule has 1 N–H and O–H groups in total. The summed E-state index contributed by atoms with van der Waals surface area (Å²) >= 11 is 0. The number of para-hydroxylation sites is 1. The zero-order valence-corrected chi connectivity index (χ0v) is 14.7. The third-order valence-electron chi connectivity index (χ3n) is 4.50. The number of ether oxygens (including phenoxy) is 2. The van der Waals surface area contributed by atoms with Gasteiger partial charge in [0.1, 0.15) is 0 Å². The topological polar surface area (TPSA) is 50.8 Å². The Labute approximate surface area is 148 Å². The molecule has 2 aromatic rings. The number of likely N-dealkylation sites (tertiary alicyclic amines) is 1. The first-order valence-electron chi connectivity index (χ1n) is 8.49. The van der Waals surface area contributed by atoms with Gasteiger partial charge in [-0.25, -0.2) is 0 Å². The summed E-state index contributed by atoms with van der Waals surface area (Å²) in [5.41, 5.74) is 1.80. The Morgan fingerprint density at radius 1 is 1.12 bits per heavy atom. The van der Waals surface area contributed by atoms with Crippen molar-refractivity contribution in [2.45, 2.75) is 19.0 Å². The Morgan fingerprint density at radius 2 is 1.92 bits per heavy atom. The van der Waals surface area contributed by atoms with Gasteiger partial charge in [0.05, 0.1) is 19.8 Å². The summed E-state index contributed by atoms with van der Waals surface area (Å²) in [6, 6.07) is 15.9. The molecule has 0 spiro atoms. The molecule has 3 rings (SSSR count). The Kier molecular flexibility index (Phi) is 5.56. The number of amides is 1. The van der Waals surface area contributed by atoms with Crippen LogP contribution in [0.1, 0.15) is 22.3 Å². The van der Waals surface area contributed by atoms with Crippen molar-refractivity contribution >= 4 is 5.91 Å². The molecular formula is C20H24N2O3. The molecule has 0 bridgehead atoms. The van der Waals surface area contributed by atoms with E-state index in [0.29, 0.717) is 17.1 Å². The third kappa shape index (κ3) is 4.12. The van der Waals surface area contributed by atoms with Crippen LogP contribution in [0.15, 0.2) is 48.5 Å². The van der Waals surface area contributed by atoms with E-state index in [1.807, 2.05) is 6.07 Å². The van der Waals surface area contributed by atoms with Gasteiger partial charge in [0.15, 0.2) is 11.5 Å². The Hall–Kier alpha value is -2.53. The average molecular weight is 340 g/mol. The van der Waals surface area contributed by atoms with Crippen LogP contribution in [-0.2, 0) is 6.54 Å². The molecular weight excluding hydrogens is 316 g/mol. The summed E-state index contributed by atoms with van der Waals surface area (Å²) in [7, 11) is 3.11. The van der Waals surface area contributed by atoms with Crippen molar-refractivity contribution in [1.29, 1.82) is 0 Å². The second kappa shape index (κ2) is 8.03. The molecule has 0 aromatic heterocycles. The van der Waals surface area contributed by atoms with E-state index < -0.39 is 0 Å². The Bertz CT molecular complexity index is 718. The zero-order valence-electron chi connectivity index (χ0n) is 14.7. The molecule has 0 saturated carbocycles. The fourth-order valence-electron chi connectivity index (χ4n) is 3.26. The lowest BCUT2D eigenvalue weighted by atomic mass is 10.1. The number of carbonyl (C=O) groups is 1. The maximum Gasteiger partial charge on any atom is 0.255 e. The molecule has 2 aromatic carbocycles. The van der Waals surface area contributed by atoms with Crippen molar-refractivity contribution in [1.82, 2.24) is 10.2 Å². The summed E-state index contributed by atoms with van der Waals surface area (Å²) in [6.45, 7) is 2.75. The van der Waals surface area contributed by atoms with Crippen LogP contribution in [0.3, 0.4) is 0 Å². The molecule has 0 radical (unpaired) electrons. The fraction of sp³-hybridized carbons (Fsp3) is 0.350. The van der Waals surface area contributed by atoms with Gasteiger partial charge in [0, 0.05) is 25.7 Å². The van der Waals surface area contributed by atoms with Gasteiger partial charge in [-0.2, -0.15) is 0 Å². The molecule has 0 unspecified atom stereocenters. The predicted molar refractivity (Wildman–Crippen MR) is 97.1 cm³/mol. The van der Waals surface area contributed by atoms with E-state index in [-0.39, 0.29) is 11.9 Å². The molecule has 1 atom stereocenters. The Morgan fingerprint density at radius 3 is 2.64 bits per heavy atom. The molecule has 1 heterocycles. The number of benzene rings is 2. The molecule has 1 amide bonds. The smallest absolute Gasteiger partial charge is 0.255 e. The summed E-state index contributed by atoms with van der Waals surface area (Å²) in [5, 5.41) is 3.12. The lowest BCUT2D eigenvalue weighted by molar-refractivity contribution is 0.0934. The van der Waals surface area contributed by atoms with Crippen molar-refractivity contribution < 1.29 is 14.3 Å². The zero-order chi connectivity index (χ0) is 17.6. The minimum Gasteiger partial charge on any atom is -0.493 e. The van der Waals surface area contributed by atoms with Gasteiger partial charge in [-0.3, -0.25) is 9.69 Å². The van der Waals surface area contributed by atoms with Crippen LogP contribution in [0.5, 0.6) is 11.5 Å². The molecule has 1 aliphatic heterocycles. The number of nitrogens with one attached hydrogen (secondary N) is 1. The van der Waals surface area contributed by atoms with E-state index in [2.05, 4.69) is 34.5 Å². The van der Waals surface area contributed by atoms with Crippen molar-refractivity contribution in [2.24, 2.45) is 0 Å². The molecule has 0 aliphatic carbocycles. The van der Waals surface area contributed by atoms with Crippen molar-refractivity contribution in [3.8, 4) is 11.5 Å². The van der Waals surface area contributed by atoms with Gasteiger partial charge in [0.25, 0.3) is 5.91 Å². The van der Waals surface area contributed by atoms with Crippen LogP contribution in [0.4, 0.5) is 0 Å². The highest BCUT2D eigenvalue weighted by Crippen LogP contribution is 2.30. The van der Waals surface area contributed by atoms with E-state index in [0.717, 1.165) is 26.1 Å². The largest absolute Gasteiger partial charge is 0.493 e. The Balaban J connectivity index is 1.61. The molecule has 132 valence electrons. The number of carbonyl (C=O) groups excluding carboxylic acids is 1. The molecule has 1 fully saturated rings. The highest BCUT2D eigenvalue weighted by molar-refractivity contribution is 5.98. The average Bonchev–Trinajstić information content (AvgIpc) is 3.08. The highest BCUT2D eigenvalue weighted by Gasteiger charge is 2.25. The SMILES string of the molecule is COc1cccc(C(=O)N[C@@H]2CCN(Cc3ccccc3)C2)c1OC. The van der Waals surface area contributed by atoms with E-state index >= 15 is 0 Å². The summed E-state index contributed by atoms with van der Waals surface area (Å²) in [5.74, 6) is 0.913. The van der Waals surface area contributed by atoms with Gasteiger partial charge in [0.2, 0.25) is 0 Å². The van der Waals surface area contributed by atoms with Crippen LogP contribution in [-0.4, -0.2) is 44.2 Å². The first-order chi connectivity index (χ1) is 12.2. The summed E-state index contributed by atoms with van der Waals surface area (Å²) in [6.07, 6.45) is 0.949. The normalized spacial score (nSPS) is 17.3. The number of nitrogens with zero attached hydrogens (tertiary/aromatic N) is 1. The number of hydrogen-bond donors (Lipinski definition) is 1. The van der Waals surface area contributed by atoms with E-state index in [4.69, 9.17) is 9.47 Å². The minimum absolute atomic E-state index is 0.123. The molecule has 5 nitrogen and oxygen atoms in total. The summed E-state index contributed by atoms with van der Waals surface area (Å²) in [4.78, 5) is 15.0. The first kappa shape index (κ1) is 17.3. The van der Waals surface area contributed by atoms with Gasteiger partial charge in [-0.05, 0) is 24.1 Å². The third-order valence-corrected chi connectivity index (χ3v) is 4.50. The van der Waals surface area contributed by atoms with Gasteiger partial charge >= 0.3 is 0 Å². The van der Waals surface area contributed by atoms with Gasteiger partial charge < -0.3 is 14.8 Å².